The van der Waals surface area contributed by atoms with Crippen molar-refractivity contribution in [3.05, 3.63) is 48.3 Å². The van der Waals surface area contributed by atoms with Crippen LogP contribution in [0.4, 0.5) is 4.79 Å². The third-order valence-electron chi connectivity index (χ3n) is 4.67. The van der Waals surface area contributed by atoms with Crippen molar-refractivity contribution in [2.24, 2.45) is 7.05 Å². The number of urea groups is 1. The smallest absolute Gasteiger partial charge is 0.317 e. The van der Waals surface area contributed by atoms with Gasteiger partial charge in [-0.3, -0.25) is 9.78 Å². The van der Waals surface area contributed by atoms with E-state index in [0.717, 1.165) is 30.8 Å². The number of benzene rings is 1. The second-order valence-electron chi connectivity index (χ2n) is 6.69. The standard InChI is InChI=1S/C18H22N8O/c1-25-12-20-15(24-25)10-19-18(27)26-9-5-8-14(11-26)17-21-16(22-23-17)13-6-3-2-4-7-13/h2-4,6-7,12,14H,5,8-11H2,1H3,(H,19,27)(H,21,22,23). The number of amides is 2. The molecule has 3 heterocycles. The number of carbonyl (C=O) groups excluding carboxylic acids is 1. The molecule has 1 atom stereocenters. The number of H-pyrrole nitrogens is 1. The number of piperidine rings is 1. The van der Waals surface area contributed by atoms with Gasteiger partial charge >= 0.3 is 6.03 Å². The molecule has 2 amide bonds. The van der Waals surface area contributed by atoms with E-state index in [1.807, 2.05) is 35.2 Å². The molecule has 1 aliphatic heterocycles. The summed E-state index contributed by atoms with van der Waals surface area (Å²) in [4.78, 5) is 23.1. The van der Waals surface area contributed by atoms with Crippen molar-refractivity contribution in [1.29, 1.82) is 0 Å². The van der Waals surface area contributed by atoms with Crippen molar-refractivity contribution in [2.45, 2.75) is 25.3 Å². The number of nitrogens with one attached hydrogen (secondary N) is 2. The summed E-state index contributed by atoms with van der Waals surface area (Å²) in [5.74, 6) is 2.27. The first-order valence-electron chi connectivity index (χ1n) is 9.04. The summed E-state index contributed by atoms with van der Waals surface area (Å²) < 4.78 is 1.62. The van der Waals surface area contributed by atoms with E-state index in [0.29, 0.717) is 24.7 Å². The van der Waals surface area contributed by atoms with Crippen LogP contribution < -0.4 is 5.32 Å². The van der Waals surface area contributed by atoms with Crippen molar-refractivity contribution < 1.29 is 4.79 Å². The molecular formula is C18H22N8O. The highest BCUT2D eigenvalue weighted by Crippen LogP contribution is 2.26. The number of aromatic amines is 1. The molecule has 9 nitrogen and oxygen atoms in total. The average Bonchev–Trinajstić information content (AvgIpc) is 3.36. The molecule has 4 rings (SSSR count). The van der Waals surface area contributed by atoms with Gasteiger partial charge in [0.2, 0.25) is 0 Å². The fourth-order valence-corrected chi connectivity index (χ4v) is 3.29. The number of carbonyl (C=O) groups is 1. The summed E-state index contributed by atoms with van der Waals surface area (Å²) in [6.45, 7) is 1.67. The Morgan fingerprint density at radius 1 is 1.33 bits per heavy atom. The number of rotatable bonds is 4. The number of hydrogen-bond acceptors (Lipinski definition) is 5. The lowest BCUT2D eigenvalue weighted by atomic mass is 9.97. The SMILES string of the molecule is Cn1cnc(CNC(=O)N2CCCC(c3nc(-c4ccccc4)n[nH]3)C2)n1. The van der Waals surface area contributed by atoms with Gasteiger partial charge in [-0.15, -0.1) is 0 Å². The minimum Gasteiger partial charge on any atom is -0.331 e. The number of likely N-dealkylation sites (tertiary alicyclic amines) is 1. The average molecular weight is 366 g/mol. The van der Waals surface area contributed by atoms with E-state index < -0.39 is 0 Å². The topological polar surface area (TPSA) is 105 Å². The van der Waals surface area contributed by atoms with Gasteiger partial charge in [0, 0.05) is 31.6 Å². The molecule has 1 unspecified atom stereocenters. The van der Waals surface area contributed by atoms with Crippen LogP contribution in [0.2, 0.25) is 0 Å². The number of hydrogen-bond donors (Lipinski definition) is 2. The van der Waals surface area contributed by atoms with Crippen molar-refractivity contribution in [3.8, 4) is 11.4 Å². The fraction of sp³-hybridized carbons (Fsp3) is 0.389. The van der Waals surface area contributed by atoms with Gasteiger partial charge in [-0.1, -0.05) is 30.3 Å². The molecule has 1 aromatic carbocycles. The molecular weight excluding hydrogens is 344 g/mol. The van der Waals surface area contributed by atoms with Crippen LogP contribution in [0.15, 0.2) is 36.7 Å². The van der Waals surface area contributed by atoms with Crippen LogP contribution in [-0.2, 0) is 13.6 Å². The normalized spacial score (nSPS) is 17.1. The molecule has 0 bridgehead atoms. The Labute approximate surface area is 156 Å². The first-order chi connectivity index (χ1) is 13.2. The third-order valence-corrected chi connectivity index (χ3v) is 4.67. The lowest BCUT2D eigenvalue weighted by Gasteiger charge is -2.31. The third kappa shape index (κ3) is 3.97. The predicted octanol–water partition coefficient (Wildman–Crippen LogP) is 1.69. The maximum absolute atomic E-state index is 12.5. The molecule has 2 N–H and O–H groups in total. The van der Waals surface area contributed by atoms with Gasteiger partial charge in [-0.2, -0.15) is 10.2 Å². The minimum atomic E-state index is -0.102. The summed E-state index contributed by atoms with van der Waals surface area (Å²) in [6, 6.07) is 9.77. The Hall–Kier alpha value is -3.23. The zero-order valence-electron chi connectivity index (χ0n) is 15.2. The van der Waals surface area contributed by atoms with Crippen molar-refractivity contribution in [1.82, 2.24) is 40.2 Å². The van der Waals surface area contributed by atoms with E-state index in [9.17, 15) is 4.79 Å². The summed E-state index contributed by atoms with van der Waals surface area (Å²) in [5.41, 5.74) is 0.980. The summed E-state index contributed by atoms with van der Waals surface area (Å²) >= 11 is 0. The molecule has 1 fully saturated rings. The predicted molar refractivity (Wildman–Crippen MR) is 98.6 cm³/mol. The molecule has 2 aromatic heterocycles. The summed E-state index contributed by atoms with van der Waals surface area (Å²) in [7, 11) is 1.80. The highest BCUT2D eigenvalue weighted by Gasteiger charge is 2.27. The Morgan fingerprint density at radius 2 is 2.19 bits per heavy atom. The quantitative estimate of drug-likeness (QED) is 0.731. The van der Waals surface area contributed by atoms with E-state index in [-0.39, 0.29) is 11.9 Å². The van der Waals surface area contributed by atoms with Gasteiger partial charge in [0.1, 0.15) is 12.2 Å². The van der Waals surface area contributed by atoms with Gasteiger partial charge in [0.05, 0.1) is 6.54 Å². The van der Waals surface area contributed by atoms with Crippen LogP contribution >= 0.6 is 0 Å². The summed E-state index contributed by atoms with van der Waals surface area (Å²) in [5, 5.41) is 14.4. The zero-order valence-corrected chi connectivity index (χ0v) is 15.2. The number of aryl methyl sites for hydroxylation is 1. The molecule has 0 radical (unpaired) electrons. The van der Waals surface area contributed by atoms with Gasteiger partial charge in [-0.05, 0) is 12.8 Å². The molecule has 0 aliphatic carbocycles. The highest BCUT2D eigenvalue weighted by molar-refractivity contribution is 5.74. The Bertz CT molecular complexity index is 903. The van der Waals surface area contributed by atoms with Crippen molar-refractivity contribution in [2.75, 3.05) is 13.1 Å². The largest absolute Gasteiger partial charge is 0.331 e. The molecule has 0 saturated carbocycles. The Balaban J connectivity index is 1.38. The molecule has 9 heteroatoms. The Morgan fingerprint density at radius 3 is 2.96 bits per heavy atom. The molecule has 27 heavy (non-hydrogen) atoms. The highest BCUT2D eigenvalue weighted by atomic mass is 16.2. The lowest BCUT2D eigenvalue weighted by molar-refractivity contribution is 0.177. The van der Waals surface area contributed by atoms with E-state index >= 15 is 0 Å². The number of nitrogens with zero attached hydrogens (tertiary/aromatic N) is 6. The van der Waals surface area contributed by atoms with E-state index in [1.54, 1.807) is 18.1 Å². The first-order valence-corrected chi connectivity index (χ1v) is 9.04. The van der Waals surface area contributed by atoms with Gasteiger partial charge in [0.15, 0.2) is 11.6 Å². The minimum absolute atomic E-state index is 0.102. The summed E-state index contributed by atoms with van der Waals surface area (Å²) in [6.07, 6.45) is 3.53. The van der Waals surface area contributed by atoms with Crippen LogP contribution in [0.3, 0.4) is 0 Å². The van der Waals surface area contributed by atoms with Crippen LogP contribution in [0.5, 0.6) is 0 Å². The van der Waals surface area contributed by atoms with E-state index in [4.69, 9.17) is 0 Å². The van der Waals surface area contributed by atoms with E-state index in [1.165, 1.54) is 0 Å². The van der Waals surface area contributed by atoms with Crippen LogP contribution in [0, 0.1) is 0 Å². The molecule has 1 saturated heterocycles. The maximum atomic E-state index is 12.5. The van der Waals surface area contributed by atoms with Crippen LogP contribution in [0.1, 0.15) is 30.4 Å². The monoisotopic (exact) mass is 366 g/mol. The van der Waals surface area contributed by atoms with Gasteiger partial charge in [-0.25, -0.2) is 14.8 Å². The molecule has 1 aliphatic rings. The van der Waals surface area contributed by atoms with Crippen LogP contribution in [0.25, 0.3) is 11.4 Å². The maximum Gasteiger partial charge on any atom is 0.317 e. The van der Waals surface area contributed by atoms with Gasteiger partial charge in [0.25, 0.3) is 0 Å². The second kappa shape index (κ2) is 7.56. The second-order valence-corrected chi connectivity index (χ2v) is 6.69. The van der Waals surface area contributed by atoms with E-state index in [2.05, 4.69) is 30.6 Å². The Kier molecular flexibility index (Phi) is 4.82. The molecule has 0 spiro atoms. The lowest BCUT2D eigenvalue weighted by Crippen LogP contribution is -2.45. The zero-order chi connectivity index (χ0) is 18.6. The van der Waals surface area contributed by atoms with Crippen molar-refractivity contribution >= 4 is 6.03 Å². The van der Waals surface area contributed by atoms with Crippen LogP contribution in [-0.4, -0.2) is 54.0 Å². The molecule has 140 valence electrons. The first kappa shape index (κ1) is 17.2. The fourth-order valence-electron chi connectivity index (χ4n) is 3.29. The number of aromatic nitrogens is 6. The van der Waals surface area contributed by atoms with Gasteiger partial charge < -0.3 is 10.2 Å². The molecule has 3 aromatic rings. The van der Waals surface area contributed by atoms with Crippen molar-refractivity contribution in [3.63, 3.8) is 0 Å².